The van der Waals surface area contributed by atoms with Gasteiger partial charge in [-0.05, 0) is 70.1 Å². The first-order valence-corrected chi connectivity index (χ1v) is 14.4. The Labute approximate surface area is 225 Å². The highest BCUT2D eigenvalue weighted by atomic mass is 32.2. The third kappa shape index (κ3) is 6.39. The largest absolute Gasteiger partial charge is 0.392 e. The highest BCUT2D eigenvalue weighted by Crippen LogP contribution is 2.54. The van der Waals surface area contributed by atoms with E-state index in [0.717, 1.165) is 60.2 Å². The molecular weight excluding hydrogens is 482 g/mol. The minimum atomic E-state index is -0.983. The van der Waals surface area contributed by atoms with Crippen LogP contribution in [0.4, 0.5) is 0 Å². The van der Waals surface area contributed by atoms with Crippen LogP contribution in [-0.2, 0) is 16.2 Å². The number of hydrogen-bond acceptors (Lipinski definition) is 5. The van der Waals surface area contributed by atoms with Crippen molar-refractivity contribution in [1.82, 2.24) is 15.1 Å². The average Bonchev–Trinajstić information content (AvgIpc) is 3.20. The molecule has 1 saturated heterocycles. The molecule has 2 atom stereocenters. The van der Waals surface area contributed by atoms with Crippen LogP contribution < -0.4 is 5.32 Å². The number of nitrogens with one attached hydrogen (secondary N) is 1. The van der Waals surface area contributed by atoms with E-state index >= 15 is 0 Å². The molecule has 200 valence electrons. The maximum absolute atomic E-state index is 14.2. The standard InChI is InChI=1S/C30H41N3O3S/c1-22-10-16-26(17-11-22)37-30(29(36)31-18-7-19-32(2)3)20-27(35)33(25-8-5-4-6-9-25)28(30)24-14-12-23(21-34)13-15-24/h10-17,25,28,34H,4-9,18-21H2,1-3H3,(H,31,36)/t28-,30-/m1/s1. The molecule has 0 radical (unpaired) electrons. The smallest absolute Gasteiger partial charge is 0.239 e. The van der Waals surface area contributed by atoms with Gasteiger partial charge in [-0.2, -0.15) is 0 Å². The maximum atomic E-state index is 14.2. The summed E-state index contributed by atoms with van der Waals surface area (Å²) in [6.07, 6.45) is 6.40. The molecule has 2 aromatic carbocycles. The van der Waals surface area contributed by atoms with Crippen LogP contribution in [0.5, 0.6) is 0 Å². The third-order valence-corrected chi connectivity index (χ3v) is 9.07. The lowest BCUT2D eigenvalue weighted by Crippen LogP contribution is -2.50. The number of amides is 2. The predicted octanol–water partition coefficient (Wildman–Crippen LogP) is 4.69. The first-order valence-electron chi connectivity index (χ1n) is 13.5. The van der Waals surface area contributed by atoms with Crippen LogP contribution in [-0.4, -0.2) is 64.7 Å². The number of thioether (sulfide) groups is 1. The molecule has 1 aliphatic heterocycles. The van der Waals surface area contributed by atoms with Gasteiger partial charge >= 0.3 is 0 Å². The summed E-state index contributed by atoms with van der Waals surface area (Å²) in [5.74, 6) is -0.00841. The van der Waals surface area contributed by atoms with Gasteiger partial charge in [0.1, 0.15) is 4.75 Å². The number of hydrogen-bond donors (Lipinski definition) is 2. The fourth-order valence-corrected chi connectivity index (χ4v) is 7.11. The number of aryl methyl sites for hydroxylation is 1. The summed E-state index contributed by atoms with van der Waals surface area (Å²) in [7, 11) is 4.06. The molecule has 2 N–H and O–H groups in total. The Hall–Kier alpha value is -2.35. The zero-order valence-corrected chi connectivity index (χ0v) is 23.2. The van der Waals surface area contributed by atoms with Crippen molar-refractivity contribution in [1.29, 1.82) is 0 Å². The summed E-state index contributed by atoms with van der Waals surface area (Å²) in [6.45, 7) is 3.47. The van der Waals surface area contributed by atoms with Crippen molar-refractivity contribution < 1.29 is 14.7 Å². The van der Waals surface area contributed by atoms with Gasteiger partial charge in [0.05, 0.1) is 19.1 Å². The summed E-state index contributed by atoms with van der Waals surface area (Å²) >= 11 is 1.53. The molecule has 2 aliphatic rings. The Morgan fingerprint density at radius 1 is 1.08 bits per heavy atom. The molecule has 1 heterocycles. The number of carbonyl (C=O) groups is 2. The van der Waals surface area contributed by atoms with Crippen molar-refractivity contribution in [2.24, 2.45) is 0 Å². The van der Waals surface area contributed by atoms with Gasteiger partial charge in [0.25, 0.3) is 0 Å². The van der Waals surface area contributed by atoms with Crippen molar-refractivity contribution in [3.05, 3.63) is 65.2 Å². The molecule has 2 aromatic rings. The van der Waals surface area contributed by atoms with Crippen LogP contribution in [0.1, 0.15) is 67.7 Å². The maximum Gasteiger partial charge on any atom is 0.239 e. The summed E-state index contributed by atoms with van der Waals surface area (Å²) < 4.78 is -0.983. The van der Waals surface area contributed by atoms with Gasteiger partial charge in [0, 0.05) is 17.5 Å². The Kier molecular flexibility index (Phi) is 9.32. The molecule has 0 unspecified atom stereocenters. The summed E-state index contributed by atoms with van der Waals surface area (Å²) in [5.41, 5.74) is 2.94. The van der Waals surface area contributed by atoms with E-state index in [0.29, 0.717) is 6.54 Å². The third-order valence-electron chi connectivity index (χ3n) is 7.64. The van der Waals surface area contributed by atoms with E-state index in [9.17, 15) is 14.7 Å². The number of carbonyl (C=O) groups excluding carboxylic acids is 2. The second kappa shape index (κ2) is 12.5. The number of aliphatic hydroxyl groups is 1. The second-order valence-corrected chi connectivity index (χ2v) is 12.2. The minimum Gasteiger partial charge on any atom is -0.392 e. The van der Waals surface area contributed by atoms with Crippen LogP contribution in [0.25, 0.3) is 0 Å². The molecular formula is C30H41N3O3S. The fourth-order valence-electron chi connectivity index (χ4n) is 5.70. The highest BCUT2D eigenvalue weighted by Gasteiger charge is 2.59. The van der Waals surface area contributed by atoms with Gasteiger partial charge in [0.2, 0.25) is 11.8 Å². The molecule has 2 amide bonds. The average molecular weight is 524 g/mol. The molecule has 2 fully saturated rings. The summed E-state index contributed by atoms with van der Waals surface area (Å²) in [6, 6.07) is 15.8. The van der Waals surface area contributed by atoms with E-state index in [-0.39, 0.29) is 36.9 Å². The molecule has 7 heteroatoms. The molecule has 0 bridgehead atoms. The lowest BCUT2D eigenvalue weighted by molar-refractivity contribution is -0.132. The van der Waals surface area contributed by atoms with Crippen LogP contribution in [0, 0.1) is 6.92 Å². The van der Waals surface area contributed by atoms with E-state index < -0.39 is 4.75 Å². The number of nitrogens with zero attached hydrogens (tertiary/aromatic N) is 2. The number of likely N-dealkylation sites (tertiary alicyclic amines) is 1. The Bertz CT molecular complexity index is 1050. The summed E-state index contributed by atoms with van der Waals surface area (Å²) in [4.78, 5) is 33.2. The topological polar surface area (TPSA) is 72.9 Å². The first kappa shape index (κ1) is 27.7. The highest BCUT2D eigenvalue weighted by molar-refractivity contribution is 8.01. The monoisotopic (exact) mass is 523 g/mol. The lowest BCUT2D eigenvalue weighted by Gasteiger charge is -2.41. The molecule has 6 nitrogen and oxygen atoms in total. The summed E-state index contributed by atoms with van der Waals surface area (Å²) in [5, 5.41) is 12.8. The van der Waals surface area contributed by atoms with E-state index in [1.54, 1.807) is 0 Å². The van der Waals surface area contributed by atoms with Gasteiger partial charge in [-0.25, -0.2) is 0 Å². The van der Waals surface area contributed by atoms with Crippen LogP contribution in [0.15, 0.2) is 53.4 Å². The molecule has 1 saturated carbocycles. The van der Waals surface area contributed by atoms with Crippen molar-refractivity contribution in [2.45, 2.75) is 80.2 Å². The van der Waals surface area contributed by atoms with Crippen LogP contribution in [0.2, 0.25) is 0 Å². The first-order chi connectivity index (χ1) is 17.8. The van der Waals surface area contributed by atoms with Gasteiger partial charge in [0.15, 0.2) is 0 Å². The number of rotatable bonds is 10. The SMILES string of the molecule is Cc1ccc(S[C@]2(C(=O)NCCCN(C)C)CC(=O)N(C3CCCCC3)[C@@H]2c2ccc(CO)cc2)cc1. The van der Waals surface area contributed by atoms with Crippen molar-refractivity contribution in [3.63, 3.8) is 0 Å². The van der Waals surface area contributed by atoms with Crippen LogP contribution >= 0.6 is 11.8 Å². The van der Waals surface area contributed by atoms with Crippen LogP contribution in [0.3, 0.4) is 0 Å². The second-order valence-electron chi connectivity index (χ2n) is 10.8. The van der Waals surface area contributed by atoms with E-state index in [2.05, 4.69) is 41.4 Å². The molecule has 4 rings (SSSR count). The van der Waals surface area contributed by atoms with E-state index in [4.69, 9.17) is 0 Å². The van der Waals surface area contributed by atoms with Gasteiger partial charge < -0.3 is 20.2 Å². The number of benzene rings is 2. The Morgan fingerprint density at radius 3 is 2.38 bits per heavy atom. The van der Waals surface area contributed by atoms with Crippen molar-refractivity contribution in [2.75, 3.05) is 27.2 Å². The van der Waals surface area contributed by atoms with Gasteiger partial charge in [-0.1, -0.05) is 61.2 Å². The van der Waals surface area contributed by atoms with E-state index in [1.165, 1.54) is 18.2 Å². The molecule has 0 aromatic heterocycles. The molecule has 1 aliphatic carbocycles. The predicted molar refractivity (Wildman–Crippen MR) is 149 cm³/mol. The normalized spacial score (nSPS) is 22.6. The van der Waals surface area contributed by atoms with Gasteiger partial charge in [-0.3, -0.25) is 9.59 Å². The lowest BCUT2D eigenvalue weighted by atomic mass is 9.88. The Balaban J connectivity index is 1.76. The fraction of sp³-hybridized carbons (Fsp3) is 0.533. The van der Waals surface area contributed by atoms with Crippen molar-refractivity contribution in [3.8, 4) is 0 Å². The Morgan fingerprint density at radius 2 is 1.76 bits per heavy atom. The number of aliphatic hydroxyl groups excluding tert-OH is 1. The zero-order chi connectivity index (χ0) is 26.4. The molecule has 0 spiro atoms. The quantitative estimate of drug-likeness (QED) is 0.442. The van der Waals surface area contributed by atoms with Crippen molar-refractivity contribution >= 4 is 23.6 Å². The minimum absolute atomic E-state index is 0.0359. The van der Waals surface area contributed by atoms with Gasteiger partial charge in [-0.15, -0.1) is 11.8 Å². The van der Waals surface area contributed by atoms with E-state index in [1.807, 2.05) is 43.3 Å². The zero-order valence-electron chi connectivity index (χ0n) is 22.4. The molecule has 37 heavy (non-hydrogen) atoms.